The molecule has 0 saturated heterocycles. The Kier molecular flexibility index (Phi) is 3.86. The van der Waals surface area contributed by atoms with E-state index in [0.29, 0.717) is 0 Å². The number of nitriles is 1. The lowest BCUT2D eigenvalue weighted by molar-refractivity contribution is 0.544. The molecule has 0 amide bonds. The van der Waals surface area contributed by atoms with Gasteiger partial charge in [0.2, 0.25) is 0 Å². The molecule has 0 aromatic carbocycles. The first-order chi connectivity index (χ1) is 8.61. The summed E-state index contributed by atoms with van der Waals surface area (Å²) >= 11 is 0. The van der Waals surface area contributed by atoms with Crippen LogP contribution in [0.4, 0.5) is 5.82 Å². The molecule has 3 nitrogen and oxygen atoms in total. The van der Waals surface area contributed by atoms with Crippen LogP contribution in [0.5, 0.6) is 0 Å². The maximum absolute atomic E-state index is 9.28. The first-order valence-electron chi connectivity index (χ1n) is 6.71. The number of aryl methyl sites for hydroxylation is 2. The molecule has 1 aliphatic carbocycles. The van der Waals surface area contributed by atoms with E-state index in [1.807, 2.05) is 19.9 Å². The molecule has 0 unspecified atom stereocenters. The van der Waals surface area contributed by atoms with Gasteiger partial charge in [0.15, 0.2) is 0 Å². The molecule has 1 aromatic heterocycles. The number of aromatic nitrogens is 1. The Balaban J connectivity index is 2.23. The Labute approximate surface area is 109 Å². The van der Waals surface area contributed by atoms with Crippen molar-refractivity contribution in [2.45, 2.75) is 39.5 Å². The summed E-state index contributed by atoms with van der Waals surface area (Å²) in [5.74, 6) is 1.62. The number of pyridine rings is 1. The molecule has 1 aromatic rings. The third-order valence-corrected chi connectivity index (χ3v) is 3.81. The lowest BCUT2D eigenvalue weighted by Crippen LogP contribution is -2.26. The van der Waals surface area contributed by atoms with Crippen LogP contribution in [-0.2, 0) is 0 Å². The van der Waals surface area contributed by atoms with E-state index in [4.69, 9.17) is 0 Å². The highest BCUT2D eigenvalue weighted by molar-refractivity contribution is 5.57. The van der Waals surface area contributed by atoms with Gasteiger partial charge in [0.05, 0.1) is 5.56 Å². The molecular weight excluding hydrogens is 222 g/mol. The van der Waals surface area contributed by atoms with Crippen molar-refractivity contribution < 1.29 is 0 Å². The second-order valence-electron chi connectivity index (χ2n) is 5.42. The van der Waals surface area contributed by atoms with E-state index in [0.717, 1.165) is 35.1 Å². The fraction of sp³-hybridized carbons (Fsp3) is 0.600. The number of nitrogens with zero attached hydrogens (tertiary/aromatic N) is 3. The summed E-state index contributed by atoms with van der Waals surface area (Å²) in [7, 11) is 2.06. The van der Waals surface area contributed by atoms with Crippen molar-refractivity contribution in [1.82, 2.24) is 4.98 Å². The van der Waals surface area contributed by atoms with Gasteiger partial charge in [0.25, 0.3) is 0 Å². The highest BCUT2D eigenvalue weighted by atomic mass is 15.2. The molecule has 0 atom stereocenters. The average molecular weight is 243 g/mol. The van der Waals surface area contributed by atoms with E-state index < -0.39 is 0 Å². The van der Waals surface area contributed by atoms with Gasteiger partial charge in [-0.15, -0.1) is 0 Å². The average Bonchev–Trinajstić information content (AvgIpc) is 2.80. The molecule has 1 aliphatic rings. The van der Waals surface area contributed by atoms with Gasteiger partial charge in [-0.3, -0.25) is 0 Å². The Bertz CT molecular complexity index is 467. The molecule has 1 saturated carbocycles. The summed E-state index contributed by atoms with van der Waals surface area (Å²) in [6.45, 7) is 4.99. The smallest absolute Gasteiger partial charge is 0.146 e. The first kappa shape index (κ1) is 12.9. The molecule has 1 heterocycles. The van der Waals surface area contributed by atoms with Gasteiger partial charge in [0.1, 0.15) is 11.9 Å². The van der Waals surface area contributed by atoms with Crippen LogP contribution in [0.1, 0.15) is 42.5 Å². The zero-order valence-corrected chi connectivity index (χ0v) is 11.5. The molecule has 18 heavy (non-hydrogen) atoms. The maximum Gasteiger partial charge on any atom is 0.146 e. The first-order valence-corrected chi connectivity index (χ1v) is 6.71. The van der Waals surface area contributed by atoms with Crippen LogP contribution in [0.3, 0.4) is 0 Å². The van der Waals surface area contributed by atoms with Crippen LogP contribution in [0.25, 0.3) is 0 Å². The Morgan fingerprint density at radius 1 is 1.39 bits per heavy atom. The number of anilines is 1. The van der Waals surface area contributed by atoms with Gasteiger partial charge in [-0.05, 0) is 44.2 Å². The highest BCUT2D eigenvalue weighted by Crippen LogP contribution is 2.28. The van der Waals surface area contributed by atoms with Crippen molar-refractivity contribution in [3.05, 3.63) is 22.9 Å². The predicted molar refractivity (Wildman–Crippen MR) is 73.7 cm³/mol. The lowest BCUT2D eigenvalue weighted by Gasteiger charge is -2.23. The van der Waals surface area contributed by atoms with Crippen molar-refractivity contribution in [3.8, 4) is 6.07 Å². The molecule has 0 aliphatic heterocycles. The van der Waals surface area contributed by atoms with Crippen LogP contribution in [0, 0.1) is 31.1 Å². The Hall–Kier alpha value is -1.56. The van der Waals surface area contributed by atoms with Gasteiger partial charge in [-0.2, -0.15) is 5.26 Å². The SMILES string of the molecule is Cc1cc(C)c(C#N)c(N(C)CC2CCCC2)n1. The standard InChI is InChI=1S/C15H21N3/c1-11-8-12(2)17-15(14(11)9-16)18(3)10-13-6-4-5-7-13/h8,13H,4-7,10H2,1-3H3. The quantitative estimate of drug-likeness (QED) is 0.818. The van der Waals surface area contributed by atoms with E-state index >= 15 is 0 Å². The second-order valence-corrected chi connectivity index (χ2v) is 5.42. The van der Waals surface area contributed by atoms with E-state index in [1.54, 1.807) is 0 Å². The third kappa shape index (κ3) is 2.64. The highest BCUT2D eigenvalue weighted by Gasteiger charge is 2.19. The van der Waals surface area contributed by atoms with Crippen LogP contribution in [0.2, 0.25) is 0 Å². The molecule has 3 heteroatoms. The minimum absolute atomic E-state index is 0.723. The Morgan fingerprint density at radius 2 is 2.06 bits per heavy atom. The molecule has 0 bridgehead atoms. The monoisotopic (exact) mass is 243 g/mol. The van der Waals surface area contributed by atoms with Crippen LogP contribution in [0.15, 0.2) is 6.07 Å². The largest absolute Gasteiger partial charge is 0.358 e. The lowest BCUT2D eigenvalue weighted by atomic mass is 10.1. The number of hydrogen-bond acceptors (Lipinski definition) is 3. The van der Waals surface area contributed by atoms with Crippen molar-refractivity contribution in [3.63, 3.8) is 0 Å². The topological polar surface area (TPSA) is 39.9 Å². The van der Waals surface area contributed by atoms with Crippen LogP contribution in [-0.4, -0.2) is 18.6 Å². The fourth-order valence-corrected chi connectivity index (χ4v) is 2.90. The summed E-state index contributed by atoms with van der Waals surface area (Å²) in [5, 5.41) is 9.28. The summed E-state index contributed by atoms with van der Waals surface area (Å²) in [4.78, 5) is 6.71. The van der Waals surface area contributed by atoms with Crippen LogP contribution >= 0.6 is 0 Å². The molecule has 0 N–H and O–H groups in total. The fourth-order valence-electron chi connectivity index (χ4n) is 2.90. The normalized spacial score (nSPS) is 15.7. The maximum atomic E-state index is 9.28. The zero-order valence-electron chi connectivity index (χ0n) is 11.5. The predicted octanol–water partition coefficient (Wildman–Crippen LogP) is 3.20. The molecule has 1 fully saturated rings. The molecular formula is C15H21N3. The molecule has 0 radical (unpaired) electrons. The molecule has 0 spiro atoms. The van der Waals surface area contributed by atoms with Gasteiger partial charge >= 0.3 is 0 Å². The van der Waals surface area contributed by atoms with Gasteiger partial charge in [0, 0.05) is 19.3 Å². The van der Waals surface area contributed by atoms with Crippen molar-refractivity contribution in [2.75, 3.05) is 18.5 Å². The van der Waals surface area contributed by atoms with Gasteiger partial charge in [-0.25, -0.2) is 4.98 Å². The van der Waals surface area contributed by atoms with Crippen molar-refractivity contribution >= 4 is 5.82 Å². The van der Waals surface area contributed by atoms with Crippen molar-refractivity contribution in [1.29, 1.82) is 5.26 Å². The minimum atomic E-state index is 0.723. The van der Waals surface area contributed by atoms with E-state index in [1.165, 1.54) is 25.7 Å². The van der Waals surface area contributed by atoms with E-state index in [2.05, 4.69) is 23.0 Å². The van der Waals surface area contributed by atoms with E-state index in [9.17, 15) is 5.26 Å². The number of rotatable bonds is 3. The minimum Gasteiger partial charge on any atom is -0.358 e. The summed E-state index contributed by atoms with van der Waals surface area (Å²) in [5.41, 5.74) is 2.74. The van der Waals surface area contributed by atoms with Gasteiger partial charge < -0.3 is 4.90 Å². The molecule has 96 valence electrons. The van der Waals surface area contributed by atoms with E-state index in [-0.39, 0.29) is 0 Å². The number of hydrogen-bond donors (Lipinski definition) is 0. The van der Waals surface area contributed by atoms with Gasteiger partial charge in [-0.1, -0.05) is 12.8 Å². The Morgan fingerprint density at radius 3 is 2.67 bits per heavy atom. The third-order valence-electron chi connectivity index (χ3n) is 3.81. The summed E-state index contributed by atoms with van der Waals surface area (Å²) in [6.07, 6.45) is 5.34. The van der Waals surface area contributed by atoms with Crippen LogP contribution < -0.4 is 4.90 Å². The van der Waals surface area contributed by atoms with Crippen molar-refractivity contribution in [2.24, 2.45) is 5.92 Å². The summed E-state index contributed by atoms with van der Waals surface area (Å²) in [6, 6.07) is 4.27. The summed E-state index contributed by atoms with van der Waals surface area (Å²) < 4.78 is 0. The zero-order chi connectivity index (χ0) is 13.1. The molecule has 2 rings (SSSR count). The second kappa shape index (κ2) is 5.39.